The summed E-state index contributed by atoms with van der Waals surface area (Å²) >= 11 is 0. The zero-order valence-electron chi connectivity index (χ0n) is 15.2. The van der Waals surface area contributed by atoms with Gasteiger partial charge in [-0.25, -0.2) is 0 Å². The van der Waals surface area contributed by atoms with Crippen LogP contribution >= 0.6 is 12.4 Å². The lowest BCUT2D eigenvalue weighted by molar-refractivity contribution is 0.229. The number of ether oxygens (including phenoxy) is 2. The summed E-state index contributed by atoms with van der Waals surface area (Å²) in [6.07, 6.45) is 3.82. The molecule has 1 fully saturated rings. The second kappa shape index (κ2) is 6.64. The number of rotatable bonds is 2. The molecule has 2 aliphatic rings. The molecule has 5 rings (SSSR count). The first kappa shape index (κ1) is 17.4. The minimum atomic E-state index is 0. The van der Waals surface area contributed by atoms with Crippen LogP contribution in [-0.4, -0.2) is 31.7 Å². The summed E-state index contributed by atoms with van der Waals surface area (Å²) in [6.45, 7) is 2.28. The van der Waals surface area contributed by atoms with Gasteiger partial charge in [0.25, 0.3) is 0 Å². The smallest absolute Gasteiger partial charge is 0.161 e. The lowest BCUT2D eigenvalue weighted by Crippen LogP contribution is -2.35. The zero-order chi connectivity index (χ0) is 17.0. The maximum atomic E-state index is 5.60. The molecule has 0 bridgehead atoms. The van der Waals surface area contributed by atoms with Gasteiger partial charge in [-0.1, -0.05) is 24.3 Å². The molecule has 0 aliphatic carbocycles. The molecule has 0 unspecified atom stereocenters. The van der Waals surface area contributed by atoms with Crippen LogP contribution in [0.4, 0.5) is 0 Å². The van der Waals surface area contributed by atoms with Crippen LogP contribution < -0.4 is 9.47 Å². The molecule has 3 aromatic carbocycles. The first-order valence-electron chi connectivity index (χ1n) is 9.12. The lowest BCUT2D eigenvalue weighted by Gasteiger charge is -2.33. The third-order valence-corrected chi connectivity index (χ3v) is 6.06. The molecule has 1 atom stereocenters. The minimum Gasteiger partial charge on any atom is -0.493 e. The van der Waals surface area contributed by atoms with E-state index in [1.165, 1.54) is 52.9 Å². The molecule has 0 N–H and O–H groups in total. The summed E-state index contributed by atoms with van der Waals surface area (Å²) in [5.41, 5.74) is 3.02. The van der Waals surface area contributed by atoms with E-state index in [2.05, 4.69) is 41.3 Å². The molecule has 4 heteroatoms. The SMILES string of the molecule is COc1cc2c3c(c4ccccc4c2cc1OC)C[C@@H]1CCCN1C3.Cl. The highest BCUT2D eigenvalue weighted by atomic mass is 35.5. The van der Waals surface area contributed by atoms with E-state index < -0.39 is 0 Å². The number of nitrogens with zero attached hydrogens (tertiary/aromatic N) is 1. The predicted octanol–water partition coefficient (Wildman–Crippen LogP) is 4.95. The van der Waals surface area contributed by atoms with Crippen molar-refractivity contribution in [3.05, 3.63) is 47.5 Å². The molecule has 3 nitrogen and oxygen atoms in total. The quantitative estimate of drug-likeness (QED) is 0.596. The van der Waals surface area contributed by atoms with Gasteiger partial charge < -0.3 is 9.47 Å². The van der Waals surface area contributed by atoms with Gasteiger partial charge in [0.15, 0.2) is 11.5 Å². The first-order chi connectivity index (χ1) is 12.3. The van der Waals surface area contributed by atoms with Crippen LogP contribution in [0.15, 0.2) is 36.4 Å². The Morgan fingerprint density at radius 2 is 1.58 bits per heavy atom. The number of halogens is 1. The van der Waals surface area contributed by atoms with Crippen molar-refractivity contribution in [3.8, 4) is 11.5 Å². The molecule has 0 amide bonds. The average Bonchev–Trinajstić information content (AvgIpc) is 3.13. The molecule has 136 valence electrons. The van der Waals surface area contributed by atoms with Crippen molar-refractivity contribution in [1.82, 2.24) is 4.90 Å². The Kier molecular flexibility index (Phi) is 4.45. The van der Waals surface area contributed by atoms with Crippen LogP contribution in [0.5, 0.6) is 11.5 Å². The van der Waals surface area contributed by atoms with Crippen LogP contribution in [0.25, 0.3) is 21.5 Å². The molecular formula is C22H24ClNO2. The molecule has 0 aromatic heterocycles. The average molecular weight is 370 g/mol. The molecular weight excluding hydrogens is 346 g/mol. The van der Waals surface area contributed by atoms with Crippen molar-refractivity contribution in [3.63, 3.8) is 0 Å². The van der Waals surface area contributed by atoms with E-state index in [1.54, 1.807) is 19.8 Å². The Balaban J connectivity index is 0.00000168. The van der Waals surface area contributed by atoms with Gasteiger partial charge in [0.1, 0.15) is 0 Å². The monoisotopic (exact) mass is 369 g/mol. The van der Waals surface area contributed by atoms with Crippen molar-refractivity contribution in [1.29, 1.82) is 0 Å². The van der Waals surface area contributed by atoms with Crippen molar-refractivity contribution in [2.75, 3.05) is 20.8 Å². The number of benzene rings is 3. The highest BCUT2D eigenvalue weighted by molar-refractivity contribution is 6.11. The number of methoxy groups -OCH3 is 2. The molecule has 26 heavy (non-hydrogen) atoms. The Bertz CT molecular complexity index is 985. The number of hydrogen-bond acceptors (Lipinski definition) is 3. The lowest BCUT2D eigenvalue weighted by atomic mass is 9.85. The van der Waals surface area contributed by atoms with Crippen LogP contribution in [0.2, 0.25) is 0 Å². The Hall–Kier alpha value is -1.97. The molecule has 2 aliphatic heterocycles. The zero-order valence-corrected chi connectivity index (χ0v) is 16.1. The van der Waals surface area contributed by atoms with E-state index in [0.717, 1.165) is 18.0 Å². The van der Waals surface area contributed by atoms with Gasteiger partial charge in [0, 0.05) is 12.6 Å². The topological polar surface area (TPSA) is 21.7 Å². The summed E-state index contributed by atoms with van der Waals surface area (Å²) in [7, 11) is 3.42. The molecule has 1 saturated heterocycles. The Labute approximate surface area is 160 Å². The van der Waals surface area contributed by atoms with Crippen molar-refractivity contribution in [2.24, 2.45) is 0 Å². The van der Waals surface area contributed by atoms with E-state index in [4.69, 9.17) is 9.47 Å². The normalized spacial score (nSPS) is 19.1. The number of fused-ring (bicyclic) bond motifs is 7. The van der Waals surface area contributed by atoms with E-state index in [9.17, 15) is 0 Å². The highest BCUT2D eigenvalue weighted by Crippen LogP contribution is 2.43. The van der Waals surface area contributed by atoms with Gasteiger partial charge in [-0.2, -0.15) is 0 Å². The summed E-state index contributed by atoms with van der Waals surface area (Å²) in [4.78, 5) is 2.66. The highest BCUT2D eigenvalue weighted by Gasteiger charge is 2.32. The van der Waals surface area contributed by atoms with E-state index in [0.29, 0.717) is 6.04 Å². The maximum absolute atomic E-state index is 5.60. The standard InChI is InChI=1S/C22H23NO2.ClH/c1-24-21-11-18-16-8-4-3-7-15(16)17-10-14-6-5-9-23(14)13-20(17)19(18)12-22(21)25-2;/h3-4,7-8,11-12,14H,5-6,9-10,13H2,1-2H3;1H/t14-;/m0./s1. The van der Waals surface area contributed by atoms with E-state index in [1.807, 2.05) is 0 Å². The van der Waals surface area contributed by atoms with Crippen molar-refractivity contribution in [2.45, 2.75) is 31.8 Å². The predicted molar refractivity (Wildman–Crippen MR) is 109 cm³/mol. The van der Waals surface area contributed by atoms with Crippen LogP contribution in [0.3, 0.4) is 0 Å². The largest absolute Gasteiger partial charge is 0.493 e. The van der Waals surface area contributed by atoms with E-state index in [-0.39, 0.29) is 12.4 Å². The second-order valence-electron chi connectivity index (χ2n) is 7.23. The van der Waals surface area contributed by atoms with Crippen molar-refractivity contribution < 1.29 is 9.47 Å². The van der Waals surface area contributed by atoms with E-state index >= 15 is 0 Å². The van der Waals surface area contributed by atoms with Crippen molar-refractivity contribution >= 4 is 34.0 Å². The van der Waals surface area contributed by atoms with Crippen LogP contribution in [-0.2, 0) is 13.0 Å². The van der Waals surface area contributed by atoms with Gasteiger partial charge >= 0.3 is 0 Å². The Morgan fingerprint density at radius 3 is 2.31 bits per heavy atom. The summed E-state index contributed by atoms with van der Waals surface area (Å²) in [5.74, 6) is 1.62. The summed E-state index contributed by atoms with van der Waals surface area (Å²) in [6, 6.07) is 13.9. The van der Waals surface area contributed by atoms with Gasteiger partial charge in [-0.05, 0) is 70.6 Å². The minimum absolute atomic E-state index is 0. The van der Waals surface area contributed by atoms with Gasteiger partial charge in [-0.15, -0.1) is 12.4 Å². The fourth-order valence-corrected chi connectivity index (χ4v) is 4.84. The molecule has 0 spiro atoms. The molecule has 3 aromatic rings. The fraction of sp³-hybridized carbons (Fsp3) is 0.364. The molecule has 0 radical (unpaired) electrons. The fourth-order valence-electron chi connectivity index (χ4n) is 4.84. The summed E-state index contributed by atoms with van der Waals surface area (Å²) in [5, 5.41) is 5.31. The second-order valence-corrected chi connectivity index (χ2v) is 7.23. The molecule has 0 saturated carbocycles. The molecule has 2 heterocycles. The summed E-state index contributed by atoms with van der Waals surface area (Å²) < 4.78 is 11.2. The number of hydrogen-bond donors (Lipinski definition) is 0. The van der Waals surface area contributed by atoms with Crippen LogP contribution in [0.1, 0.15) is 24.0 Å². The third-order valence-electron chi connectivity index (χ3n) is 6.06. The Morgan fingerprint density at radius 1 is 0.885 bits per heavy atom. The maximum Gasteiger partial charge on any atom is 0.161 e. The third kappa shape index (κ3) is 2.45. The van der Waals surface area contributed by atoms with Gasteiger partial charge in [0.2, 0.25) is 0 Å². The van der Waals surface area contributed by atoms with Crippen LogP contribution in [0, 0.1) is 0 Å². The van der Waals surface area contributed by atoms with Gasteiger partial charge in [0.05, 0.1) is 14.2 Å². The van der Waals surface area contributed by atoms with Gasteiger partial charge in [-0.3, -0.25) is 4.90 Å². The first-order valence-corrected chi connectivity index (χ1v) is 9.12.